The third-order valence-corrected chi connectivity index (χ3v) is 5.58. The topological polar surface area (TPSA) is 28.2 Å². The molecule has 1 fully saturated rings. The number of anilines is 1. The molecule has 1 aromatic rings. The van der Waals surface area contributed by atoms with Crippen LogP contribution in [-0.4, -0.2) is 24.6 Å². The van der Waals surface area contributed by atoms with Crippen LogP contribution in [0.2, 0.25) is 0 Å². The number of hydrogen-bond donors (Lipinski definition) is 1. The zero-order valence-corrected chi connectivity index (χ0v) is 14.2. The molecule has 1 aliphatic rings. The van der Waals surface area contributed by atoms with Gasteiger partial charge in [0.1, 0.15) is 0 Å². The van der Waals surface area contributed by atoms with E-state index in [4.69, 9.17) is 4.98 Å². The Balaban J connectivity index is 2.08. The van der Waals surface area contributed by atoms with Crippen LogP contribution in [0.3, 0.4) is 0 Å². The summed E-state index contributed by atoms with van der Waals surface area (Å²) in [6, 6.07) is 0.682. The quantitative estimate of drug-likeness (QED) is 0.864. The first-order chi connectivity index (χ1) is 9.65. The number of hydrogen-bond acceptors (Lipinski definition) is 4. The van der Waals surface area contributed by atoms with Gasteiger partial charge in [-0.3, -0.25) is 0 Å². The van der Waals surface area contributed by atoms with E-state index in [1.54, 1.807) is 0 Å². The van der Waals surface area contributed by atoms with E-state index in [0.717, 1.165) is 25.4 Å². The Morgan fingerprint density at radius 3 is 2.80 bits per heavy atom. The smallest absolute Gasteiger partial charge is 0.185 e. The molecule has 0 aromatic carbocycles. The lowest BCUT2D eigenvalue weighted by atomic mass is 9.86. The molecule has 0 spiro atoms. The fourth-order valence-corrected chi connectivity index (χ4v) is 4.23. The molecule has 0 amide bonds. The number of nitrogens with one attached hydrogen (secondary N) is 1. The second-order valence-corrected chi connectivity index (χ2v) is 7.10. The van der Waals surface area contributed by atoms with Crippen molar-refractivity contribution in [1.29, 1.82) is 0 Å². The molecule has 3 nitrogen and oxygen atoms in total. The van der Waals surface area contributed by atoms with Crippen LogP contribution in [-0.2, 0) is 13.0 Å². The standard InChI is InChI=1S/C16H29N3S/c1-5-14-15(11-17-6-2)20-16(18-14)19(4)13-9-7-8-12(3)10-13/h12-13,17H,5-11H2,1-4H3. The molecule has 2 atom stereocenters. The summed E-state index contributed by atoms with van der Waals surface area (Å²) in [7, 11) is 2.23. The number of aromatic nitrogens is 1. The van der Waals surface area contributed by atoms with E-state index >= 15 is 0 Å². The van der Waals surface area contributed by atoms with Crippen LogP contribution in [0, 0.1) is 5.92 Å². The molecule has 0 aliphatic heterocycles. The van der Waals surface area contributed by atoms with Crippen molar-refractivity contribution in [3.8, 4) is 0 Å². The van der Waals surface area contributed by atoms with Gasteiger partial charge in [-0.15, -0.1) is 11.3 Å². The van der Waals surface area contributed by atoms with Crippen molar-refractivity contribution < 1.29 is 0 Å². The zero-order chi connectivity index (χ0) is 14.5. The molecular formula is C16H29N3S. The summed E-state index contributed by atoms with van der Waals surface area (Å²) in [5.74, 6) is 0.864. The van der Waals surface area contributed by atoms with E-state index in [-0.39, 0.29) is 0 Å². The van der Waals surface area contributed by atoms with Gasteiger partial charge < -0.3 is 10.2 Å². The molecule has 1 aliphatic carbocycles. The zero-order valence-electron chi connectivity index (χ0n) is 13.4. The van der Waals surface area contributed by atoms with Gasteiger partial charge in [-0.2, -0.15) is 0 Å². The Morgan fingerprint density at radius 2 is 2.15 bits per heavy atom. The molecule has 1 heterocycles. The monoisotopic (exact) mass is 295 g/mol. The van der Waals surface area contributed by atoms with Crippen molar-refractivity contribution in [3.05, 3.63) is 10.6 Å². The minimum Gasteiger partial charge on any atom is -0.348 e. The van der Waals surface area contributed by atoms with Gasteiger partial charge in [0.2, 0.25) is 0 Å². The molecular weight excluding hydrogens is 266 g/mol. The Labute approximate surface area is 127 Å². The van der Waals surface area contributed by atoms with Crippen LogP contribution in [0.1, 0.15) is 57.0 Å². The van der Waals surface area contributed by atoms with Crippen molar-refractivity contribution in [2.24, 2.45) is 5.92 Å². The second-order valence-electron chi connectivity index (χ2n) is 6.04. The number of aryl methyl sites for hydroxylation is 1. The van der Waals surface area contributed by atoms with Crippen molar-refractivity contribution in [2.75, 3.05) is 18.5 Å². The van der Waals surface area contributed by atoms with E-state index in [2.05, 4.69) is 38.0 Å². The number of nitrogens with zero attached hydrogens (tertiary/aromatic N) is 2. The van der Waals surface area contributed by atoms with E-state index in [1.165, 1.54) is 41.4 Å². The average Bonchev–Trinajstić information content (AvgIpc) is 2.87. The predicted octanol–water partition coefficient (Wildman–Crippen LogP) is 3.83. The summed E-state index contributed by atoms with van der Waals surface area (Å²) in [5, 5.41) is 4.65. The van der Waals surface area contributed by atoms with Crippen LogP contribution in [0.5, 0.6) is 0 Å². The van der Waals surface area contributed by atoms with Gasteiger partial charge in [0.05, 0.1) is 5.69 Å². The summed E-state index contributed by atoms with van der Waals surface area (Å²) in [6.07, 6.45) is 6.44. The number of rotatable bonds is 6. The van der Waals surface area contributed by atoms with Crippen LogP contribution in [0.4, 0.5) is 5.13 Å². The van der Waals surface area contributed by atoms with E-state index in [0.29, 0.717) is 6.04 Å². The minimum atomic E-state index is 0.682. The van der Waals surface area contributed by atoms with Gasteiger partial charge in [-0.1, -0.05) is 33.6 Å². The highest BCUT2D eigenvalue weighted by Gasteiger charge is 2.24. The molecule has 1 aromatic heterocycles. The molecule has 20 heavy (non-hydrogen) atoms. The SMILES string of the molecule is CCNCc1sc(N(C)C2CCCC(C)C2)nc1CC. The number of thiazole rings is 1. The third-order valence-electron chi connectivity index (χ3n) is 4.40. The summed E-state index contributed by atoms with van der Waals surface area (Å²) in [5.41, 5.74) is 1.28. The first-order valence-electron chi connectivity index (χ1n) is 8.07. The van der Waals surface area contributed by atoms with Crippen LogP contribution >= 0.6 is 11.3 Å². The largest absolute Gasteiger partial charge is 0.348 e. The second kappa shape index (κ2) is 7.41. The average molecular weight is 295 g/mol. The van der Waals surface area contributed by atoms with Crippen molar-refractivity contribution >= 4 is 16.5 Å². The molecule has 2 rings (SSSR count). The van der Waals surface area contributed by atoms with Crippen molar-refractivity contribution in [1.82, 2.24) is 10.3 Å². The summed E-state index contributed by atoms with van der Waals surface area (Å²) in [6.45, 7) is 8.73. The maximum Gasteiger partial charge on any atom is 0.185 e. The highest BCUT2D eigenvalue weighted by Crippen LogP contribution is 2.33. The third kappa shape index (κ3) is 3.73. The normalized spacial score (nSPS) is 23.0. The van der Waals surface area contributed by atoms with Gasteiger partial charge in [0.15, 0.2) is 5.13 Å². The Kier molecular flexibility index (Phi) is 5.85. The van der Waals surface area contributed by atoms with E-state index < -0.39 is 0 Å². The van der Waals surface area contributed by atoms with Crippen molar-refractivity contribution in [3.63, 3.8) is 0 Å². The fraction of sp³-hybridized carbons (Fsp3) is 0.812. The van der Waals surface area contributed by atoms with Crippen molar-refractivity contribution in [2.45, 2.75) is 65.5 Å². The summed E-state index contributed by atoms with van der Waals surface area (Å²) >= 11 is 1.88. The molecule has 0 bridgehead atoms. The van der Waals surface area contributed by atoms with Crippen LogP contribution < -0.4 is 10.2 Å². The first kappa shape index (κ1) is 15.8. The van der Waals surface area contributed by atoms with Crippen LogP contribution in [0.15, 0.2) is 0 Å². The van der Waals surface area contributed by atoms with Gasteiger partial charge >= 0.3 is 0 Å². The Bertz CT molecular complexity index is 416. The van der Waals surface area contributed by atoms with Gasteiger partial charge in [0, 0.05) is 24.5 Å². The van der Waals surface area contributed by atoms with Gasteiger partial charge in [0.25, 0.3) is 0 Å². The van der Waals surface area contributed by atoms with E-state index in [9.17, 15) is 0 Å². The maximum atomic E-state index is 4.89. The van der Waals surface area contributed by atoms with Crippen LogP contribution in [0.25, 0.3) is 0 Å². The molecule has 1 saturated carbocycles. The van der Waals surface area contributed by atoms with E-state index in [1.807, 2.05) is 11.3 Å². The minimum absolute atomic E-state index is 0.682. The molecule has 0 radical (unpaired) electrons. The fourth-order valence-electron chi connectivity index (χ4n) is 3.08. The molecule has 2 unspecified atom stereocenters. The lowest BCUT2D eigenvalue weighted by Gasteiger charge is -2.33. The predicted molar refractivity (Wildman–Crippen MR) is 88.7 cm³/mol. The molecule has 4 heteroatoms. The van der Waals surface area contributed by atoms with Gasteiger partial charge in [-0.25, -0.2) is 4.98 Å². The molecule has 0 saturated heterocycles. The van der Waals surface area contributed by atoms with Gasteiger partial charge in [-0.05, 0) is 31.7 Å². The summed E-state index contributed by atoms with van der Waals surface area (Å²) in [4.78, 5) is 8.74. The lowest BCUT2D eigenvalue weighted by Crippen LogP contribution is -2.35. The molecule has 114 valence electrons. The summed E-state index contributed by atoms with van der Waals surface area (Å²) < 4.78 is 0. The lowest BCUT2D eigenvalue weighted by molar-refractivity contribution is 0.336. The highest BCUT2D eigenvalue weighted by atomic mass is 32.1. The Hall–Kier alpha value is -0.610. The maximum absolute atomic E-state index is 4.89. The highest BCUT2D eigenvalue weighted by molar-refractivity contribution is 7.15. The first-order valence-corrected chi connectivity index (χ1v) is 8.89. The Morgan fingerprint density at radius 1 is 1.35 bits per heavy atom. The molecule has 1 N–H and O–H groups in total.